The van der Waals surface area contributed by atoms with E-state index < -0.39 is 5.97 Å². The molecule has 0 aliphatic heterocycles. The van der Waals surface area contributed by atoms with Gasteiger partial charge in [-0.3, -0.25) is 9.59 Å². The lowest BCUT2D eigenvalue weighted by Gasteiger charge is -2.18. The lowest BCUT2D eigenvalue weighted by atomic mass is 10.0. The summed E-state index contributed by atoms with van der Waals surface area (Å²) in [6, 6.07) is 18.4. The summed E-state index contributed by atoms with van der Waals surface area (Å²) in [5.74, 6) is -1.41. The van der Waals surface area contributed by atoms with Crippen LogP contribution in [0.5, 0.6) is 0 Å². The van der Waals surface area contributed by atoms with Gasteiger partial charge in [0.25, 0.3) is 5.91 Å². The first-order chi connectivity index (χ1) is 17.8. The average Bonchev–Trinajstić information content (AvgIpc) is 2.89. The Labute approximate surface area is 219 Å². The van der Waals surface area contributed by atoms with E-state index in [1.807, 2.05) is 19.1 Å². The molecule has 0 radical (unpaired) electrons. The smallest absolute Gasteiger partial charge is 0.303 e. The van der Waals surface area contributed by atoms with Crippen molar-refractivity contribution in [2.24, 2.45) is 0 Å². The van der Waals surface area contributed by atoms with E-state index in [-0.39, 0.29) is 24.2 Å². The largest absolute Gasteiger partial charge is 0.481 e. The average molecular weight is 520 g/mol. The Morgan fingerprint density at radius 3 is 2.38 bits per heavy atom. The number of aliphatic carboxylic acids is 1. The van der Waals surface area contributed by atoms with Crippen LogP contribution in [0.4, 0.5) is 4.39 Å². The molecule has 0 saturated carbocycles. The number of hydrogen-bond donors (Lipinski definition) is 2. The lowest BCUT2D eigenvalue weighted by Crippen LogP contribution is -2.28. The van der Waals surface area contributed by atoms with Gasteiger partial charge in [0.1, 0.15) is 5.82 Å². The van der Waals surface area contributed by atoms with Crippen LogP contribution in [-0.4, -0.2) is 27.0 Å². The monoisotopic (exact) mass is 519 g/mol. The van der Waals surface area contributed by atoms with Crippen LogP contribution in [0.1, 0.15) is 60.3 Å². The molecule has 6 nitrogen and oxygen atoms in total. The molecule has 0 spiro atoms. The zero-order chi connectivity index (χ0) is 26.4. The van der Waals surface area contributed by atoms with Crippen molar-refractivity contribution in [3.8, 4) is 11.3 Å². The summed E-state index contributed by atoms with van der Waals surface area (Å²) in [5, 5.41) is 12.6. The zero-order valence-corrected chi connectivity index (χ0v) is 21.1. The number of carbonyl (C=O) groups is 2. The van der Waals surface area contributed by atoms with Crippen LogP contribution in [0.3, 0.4) is 0 Å². The van der Waals surface area contributed by atoms with Gasteiger partial charge in [-0.25, -0.2) is 14.4 Å². The fourth-order valence-electron chi connectivity index (χ4n) is 4.17. The topological polar surface area (TPSA) is 92.2 Å². The molecule has 1 amide bonds. The van der Waals surface area contributed by atoms with Gasteiger partial charge in [0.05, 0.1) is 28.5 Å². The van der Waals surface area contributed by atoms with E-state index in [1.165, 1.54) is 12.1 Å². The molecule has 1 heterocycles. The number of fused-ring (bicyclic) bond motifs is 1. The molecule has 0 saturated heterocycles. The normalized spacial score (nSPS) is 11.9. The number of unbranched alkanes of at least 4 members (excludes halogenated alkanes) is 1. The lowest BCUT2D eigenvalue weighted by molar-refractivity contribution is -0.137. The summed E-state index contributed by atoms with van der Waals surface area (Å²) in [5.41, 5.74) is 4.79. The van der Waals surface area contributed by atoms with Crippen molar-refractivity contribution in [3.63, 3.8) is 0 Å². The van der Waals surface area contributed by atoms with E-state index in [4.69, 9.17) is 26.7 Å². The first kappa shape index (κ1) is 26.2. The number of nitrogens with zero attached hydrogens (tertiary/aromatic N) is 2. The Morgan fingerprint density at radius 1 is 0.973 bits per heavy atom. The van der Waals surface area contributed by atoms with Crippen molar-refractivity contribution in [3.05, 3.63) is 94.4 Å². The number of amides is 1. The number of benzene rings is 3. The number of carbonyl (C=O) groups excluding carboxylic acids is 1. The highest BCUT2D eigenvalue weighted by Crippen LogP contribution is 2.27. The van der Waals surface area contributed by atoms with Crippen molar-refractivity contribution in [1.82, 2.24) is 15.3 Å². The van der Waals surface area contributed by atoms with Gasteiger partial charge < -0.3 is 10.4 Å². The van der Waals surface area contributed by atoms with E-state index in [9.17, 15) is 14.0 Å². The van der Waals surface area contributed by atoms with Gasteiger partial charge in [-0.05, 0) is 73.7 Å². The van der Waals surface area contributed by atoms with Crippen molar-refractivity contribution in [1.29, 1.82) is 0 Å². The Bertz CT molecular complexity index is 1410. The number of carboxylic acids is 1. The van der Waals surface area contributed by atoms with Gasteiger partial charge >= 0.3 is 5.97 Å². The summed E-state index contributed by atoms with van der Waals surface area (Å²) < 4.78 is 13.3. The molecule has 37 heavy (non-hydrogen) atoms. The molecular formula is C29H27ClFN3O3. The fourth-order valence-corrected chi connectivity index (χ4v) is 4.30. The summed E-state index contributed by atoms with van der Waals surface area (Å²) in [7, 11) is 0. The number of aryl methyl sites for hydroxylation is 1. The molecule has 0 aliphatic carbocycles. The van der Waals surface area contributed by atoms with Crippen LogP contribution in [0, 0.1) is 5.82 Å². The quantitative estimate of drug-likeness (QED) is 0.226. The second-order valence-electron chi connectivity index (χ2n) is 8.82. The summed E-state index contributed by atoms with van der Waals surface area (Å²) in [4.78, 5) is 33.7. The van der Waals surface area contributed by atoms with Gasteiger partial charge in [-0.15, -0.1) is 0 Å². The number of nitrogens with one attached hydrogen (secondary N) is 1. The van der Waals surface area contributed by atoms with Crippen molar-refractivity contribution in [2.45, 2.75) is 45.1 Å². The molecule has 190 valence electrons. The van der Waals surface area contributed by atoms with Gasteiger partial charge in [-0.2, -0.15) is 0 Å². The Morgan fingerprint density at radius 2 is 1.70 bits per heavy atom. The molecule has 4 rings (SSSR count). The van der Waals surface area contributed by atoms with Gasteiger partial charge in [-0.1, -0.05) is 42.8 Å². The predicted octanol–water partition coefficient (Wildman–Crippen LogP) is 6.77. The van der Waals surface area contributed by atoms with Crippen LogP contribution in [0.25, 0.3) is 22.3 Å². The summed E-state index contributed by atoms with van der Waals surface area (Å²) in [6.45, 7) is 1.95. The molecule has 0 fully saturated rings. The molecule has 1 aromatic heterocycles. The summed E-state index contributed by atoms with van der Waals surface area (Å²) in [6.07, 6.45) is 2.46. The van der Waals surface area contributed by atoms with Crippen LogP contribution in [0.2, 0.25) is 5.02 Å². The van der Waals surface area contributed by atoms with Gasteiger partial charge in [0, 0.05) is 22.6 Å². The Hall–Kier alpha value is -3.84. The molecule has 0 bridgehead atoms. The number of rotatable bonds is 10. The number of halogens is 2. The second kappa shape index (κ2) is 11.9. The van der Waals surface area contributed by atoms with Crippen LogP contribution in [0.15, 0.2) is 66.7 Å². The molecule has 2 N–H and O–H groups in total. The van der Waals surface area contributed by atoms with E-state index in [0.29, 0.717) is 53.0 Å². The predicted molar refractivity (Wildman–Crippen MR) is 142 cm³/mol. The van der Waals surface area contributed by atoms with Gasteiger partial charge in [0.15, 0.2) is 0 Å². The minimum absolute atomic E-state index is 0.0915. The number of carboxylic acid groups (broad SMARTS) is 1. The first-order valence-electron chi connectivity index (χ1n) is 12.2. The highest BCUT2D eigenvalue weighted by molar-refractivity contribution is 6.30. The Kier molecular flexibility index (Phi) is 8.46. The number of aromatic nitrogens is 2. The third kappa shape index (κ3) is 6.68. The first-order valence-corrected chi connectivity index (χ1v) is 12.6. The molecule has 0 aliphatic rings. The SMILES string of the molecule is CCC(NC(=O)c1ccc2nc(-c3ccc(Cl)cc3)c(CCCCC(=O)O)nc2c1)c1ccc(F)cc1. The molecule has 4 aromatic rings. The third-order valence-electron chi connectivity index (χ3n) is 6.16. The highest BCUT2D eigenvalue weighted by atomic mass is 35.5. The van der Waals surface area contributed by atoms with Crippen LogP contribution >= 0.6 is 11.6 Å². The van der Waals surface area contributed by atoms with Crippen LogP contribution in [-0.2, 0) is 11.2 Å². The van der Waals surface area contributed by atoms with Crippen molar-refractivity contribution >= 4 is 34.5 Å². The summed E-state index contributed by atoms with van der Waals surface area (Å²) >= 11 is 6.06. The minimum atomic E-state index is -0.829. The van der Waals surface area contributed by atoms with Crippen molar-refractivity contribution in [2.75, 3.05) is 0 Å². The van der Waals surface area contributed by atoms with E-state index in [2.05, 4.69) is 5.32 Å². The Balaban J connectivity index is 1.63. The number of hydrogen-bond acceptors (Lipinski definition) is 4. The fraction of sp³-hybridized carbons (Fsp3) is 0.241. The maximum atomic E-state index is 13.3. The molecule has 1 unspecified atom stereocenters. The van der Waals surface area contributed by atoms with Gasteiger partial charge in [0.2, 0.25) is 0 Å². The molecular weight excluding hydrogens is 493 g/mol. The molecule has 8 heteroatoms. The van der Waals surface area contributed by atoms with E-state index in [1.54, 1.807) is 42.5 Å². The maximum absolute atomic E-state index is 13.3. The maximum Gasteiger partial charge on any atom is 0.303 e. The molecule has 3 aromatic carbocycles. The molecule has 1 atom stereocenters. The zero-order valence-electron chi connectivity index (χ0n) is 20.4. The van der Waals surface area contributed by atoms with Crippen molar-refractivity contribution < 1.29 is 19.1 Å². The van der Waals surface area contributed by atoms with Crippen LogP contribution < -0.4 is 5.32 Å². The second-order valence-corrected chi connectivity index (χ2v) is 9.25. The standard InChI is InChI=1S/C29H27ClFN3O3/c1-2-23(18-9-14-22(31)15-10-18)34-29(37)20-11-16-24-26(17-20)32-25(5-3-4-6-27(35)36)28(33-24)19-7-12-21(30)13-8-19/h7-17,23H,2-6H2,1H3,(H,34,37)(H,35,36). The van der Waals surface area contributed by atoms with E-state index >= 15 is 0 Å². The third-order valence-corrected chi connectivity index (χ3v) is 6.41. The van der Waals surface area contributed by atoms with E-state index in [0.717, 1.165) is 16.8 Å². The highest BCUT2D eigenvalue weighted by Gasteiger charge is 2.17. The minimum Gasteiger partial charge on any atom is -0.481 e.